The van der Waals surface area contributed by atoms with Gasteiger partial charge in [-0.2, -0.15) is 5.26 Å². The molecule has 7 heteroatoms. The molecule has 27 heavy (non-hydrogen) atoms. The summed E-state index contributed by atoms with van der Waals surface area (Å²) < 4.78 is 0. The first kappa shape index (κ1) is 17.6. The van der Waals surface area contributed by atoms with Crippen molar-refractivity contribution in [3.63, 3.8) is 0 Å². The number of para-hydroxylation sites is 2. The number of nitrogens with one attached hydrogen (secondary N) is 2. The summed E-state index contributed by atoms with van der Waals surface area (Å²) in [5.41, 5.74) is 3.28. The normalized spacial score (nSPS) is 15.5. The molecule has 0 spiro atoms. The molecule has 2 aromatic rings. The Balaban J connectivity index is 1.44. The number of fused-ring (bicyclic) bond motifs is 1. The van der Waals surface area contributed by atoms with Gasteiger partial charge >= 0.3 is 0 Å². The van der Waals surface area contributed by atoms with Crippen molar-refractivity contribution in [3.05, 3.63) is 40.3 Å². The number of thiophene rings is 1. The van der Waals surface area contributed by atoms with Crippen molar-refractivity contribution in [2.75, 3.05) is 28.6 Å². The van der Waals surface area contributed by atoms with Crippen molar-refractivity contribution in [3.8, 4) is 6.07 Å². The Morgan fingerprint density at radius 3 is 2.85 bits per heavy atom. The van der Waals surface area contributed by atoms with E-state index in [-0.39, 0.29) is 18.4 Å². The van der Waals surface area contributed by atoms with Crippen LogP contribution in [0.1, 0.15) is 35.3 Å². The first-order valence-corrected chi connectivity index (χ1v) is 9.97. The lowest BCUT2D eigenvalue weighted by Crippen LogP contribution is -2.26. The Hall–Kier alpha value is -2.85. The van der Waals surface area contributed by atoms with Crippen molar-refractivity contribution >= 4 is 39.5 Å². The molecule has 1 aromatic heterocycles. The van der Waals surface area contributed by atoms with Crippen LogP contribution in [-0.2, 0) is 22.4 Å². The summed E-state index contributed by atoms with van der Waals surface area (Å²) in [5, 5.41) is 16.1. The van der Waals surface area contributed by atoms with E-state index < -0.39 is 0 Å². The molecule has 1 fully saturated rings. The summed E-state index contributed by atoms with van der Waals surface area (Å²) in [6.07, 6.45) is 4.40. The molecule has 6 nitrogen and oxygen atoms in total. The number of carbonyl (C=O) groups is 2. The second kappa shape index (κ2) is 7.41. The number of anilines is 3. The van der Waals surface area contributed by atoms with Crippen molar-refractivity contribution in [2.45, 2.75) is 32.1 Å². The molecule has 2 aliphatic rings. The van der Waals surface area contributed by atoms with Crippen molar-refractivity contribution in [1.82, 2.24) is 0 Å². The monoisotopic (exact) mass is 380 g/mol. The molecule has 0 radical (unpaired) electrons. The van der Waals surface area contributed by atoms with Crippen LogP contribution in [0.5, 0.6) is 0 Å². The highest BCUT2D eigenvalue weighted by atomic mass is 32.1. The summed E-state index contributed by atoms with van der Waals surface area (Å²) in [5.74, 6) is -0.0885. The molecule has 1 aliphatic carbocycles. The van der Waals surface area contributed by atoms with E-state index in [0.717, 1.165) is 42.6 Å². The van der Waals surface area contributed by atoms with E-state index in [1.54, 1.807) is 4.90 Å². The molecule has 1 aliphatic heterocycles. The number of rotatable bonds is 5. The largest absolute Gasteiger partial charge is 0.374 e. The van der Waals surface area contributed by atoms with Crippen LogP contribution in [0, 0.1) is 11.3 Å². The number of carbonyl (C=O) groups excluding carboxylic acids is 2. The first-order valence-electron chi connectivity index (χ1n) is 9.15. The number of hydrogen-bond acceptors (Lipinski definition) is 5. The van der Waals surface area contributed by atoms with Crippen LogP contribution < -0.4 is 15.5 Å². The fourth-order valence-corrected chi connectivity index (χ4v) is 4.97. The minimum absolute atomic E-state index is 0.0759. The molecule has 1 saturated heterocycles. The predicted octanol–water partition coefficient (Wildman–Crippen LogP) is 3.29. The van der Waals surface area contributed by atoms with Crippen LogP contribution in [0.4, 0.5) is 16.4 Å². The van der Waals surface area contributed by atoms with Gasteiger partial charge in [0.1, 0.15) is 11.1 Å². The van der Waals surface area contributed by atoms with Crippen molar-refractivity contribution in [2.24, 2.45) is 0 Å². The van der Waals surface area contributed by atoms with Gasteiger partial charge in [-0.25, -0.2) is 0 Å². The fraction of sp³-hybridized carbons (Fsp3) is 0.350. The topological polar surface area (TPSA) is 85.2 Å². The van der Waals surface area contributed by atoms with E-state index in [4.69, 9.17) is 0 Å². The summed E-state index contributed by atoms with van der Waals surface area (Å²) in [6.45, 7) is 0.780. The smallest absolute Gasteiger partial charge is 0.244 e. The molecule has 2 N–H and O–H groups in total. The van der Waals surface area contributed by atoms with E-state index in [1.807, 2.05) is 24.3 Å². The van der Waals surface area contributed by atoms with E-state index in [2.05, 4.69) is 16.7 Å². The quantitative estimate of drug-likeness (QED) is 0.834. The highest BCUT2D eigenvalue weighted by molar-refractivity contribution is 7.16. The van der Waals surface area contributed by atoms with Crippen LogP contribution >= 0.6 is 11.3 Å². The Morgan fingerprint density at radius 2 is 2.07 bits per heavy atom. The van der Waals surface area contributed by atoms with Gasteiger partial charge in [-0.05, 0) is 43.4 Å². The fourth-order valence-electron chi connectivity index (χ4n) is 3.72. The molecule has 138 valence electrons. The minimum Gasteiger partial charge on any atom is -0.374 e. The zero-order valence-electron chi connectivity index (χ0n) is 14.9. The Morgan fingerprint density at radius 1 is 1.22 bits per heavy atom. The SMILES string of the molecule is N#Cc1c(NC(=O)CNc2ccccc2N2CCCC2=O)sc2c1CCC2. The van der Waals surface area contributed by atoms with Gasteiger partial charge in [0.2, 0.25) is 11.8 Å². The van der Waals surface area contributed by atoms with Gasteiger partial charge in [0.15, 0.2) is 0 Å². The van der Waals surface area contributed by atoms with Crippen LogP contribution in [-0.4, -0.2) is 24.9 Å². The third kappa shape index (κ3) is 3.40. The second-order valence-electron chi connectivity index (χ2n) is 6.74. The lowest BCUT2D eigenvalue weighted by Gasteiger charge is -2.20. The number of hydrogen-bond donors (Lipinski definition) is 2. The zero-order chi connectivity index (χ0) is 18.8. The van der Waals surface area contributed by atoms with Gasteiger partial charge in [0.25, 0.3) is 0 Å². The lowest BCUT2D eigenvalue weighted by molar-refractivity contribution is -0.117. The van der Waals surface area contributed by atoms with Gasteiger partial charge < -0.3 is 15.5 Å². The first-order chi connectivity index (χ1) is 13.2. The predicted molar refractivity (Wildman–Crippen MR) is 106 cm³/mol. The number of nitrogens with zero attached hydrogens (tertiary/aromatic N) is 2. The molecule has 4 rings (SSSR count). The summed E-state index contributed by atoms with van der Waals surface area (Å²) >= 11 is 1.51. The van der Waals surface area contributed by atoms with Gasteiger partial charge in [-0.1, -0.05) is 12.1 Å². The third-order valence-electron chi connectivity index (χ3n) is 4.99. The number of benzene rings is 1. The van der Waals surface area contributed by atoms with Crippen molar-refractivity contribution < 1.29 is 9.59 Å². The molecule has 0 atom stereocenters. The number of nitriles is 1. The molecule has 0 unspecified atom stereocenters. The average Bonchev–Trinajstić information content (AvgIpc) is 3.36. The van der Waals surface area contributed by atoms with E-state index in [0.29, 0.717) is 23.5 Å². The number of amides is 2. The summed E-state index contributed by atoms with van der Waals surface area (Å²) in [7, 11) is 0. The van der Waals surface area contributed by atoms with Gasteiger partial charge in [0.05, 0.1) is 23.5 Å². The van der Waals surface area contributed by atoms with Crippen LogP contribution in [0.2, 0.25) is 0 Å². The molecular formula is C20H20N4O2S. The average molecular weight is 380 g/mol. The van der Waals surface area contributed by atoms with Crippen LogP contribution in [0.15, 0.2) is 24.3 Å². The van der Waals surface area contributed by atoms with E-state index in [1.165, 1.54) is 16.2 Å². The van der Waals surface area contributed by atoms with Gasteiger partial charge in [0, 0.05) is 17.8 Å². The molecule has 0 saturated carbocycles. The van der Waals surface area contributed by atoms with E-state index >= 15 is 0 Å². The standard InChI is InChI=1S/C20H20N4O2S/c21-11-14-13-5-3-8-17(13)27-20(14)23-18(25)12-22-15-6-1-2-7-16(15)24-10-4-9-19(24)26/h1-2,6-7,22H,3-5,8-10,12H2,(H,23,25). The van der Waals surface area contributed by atoms with Crippen LogP contribution in [0.25, 0.3) is 0 Å². The maximum atomic E-state index is 12.4. The maximum absolute atomic E-state index is 12.4. The van der Waals surface area contributed by atoms with Crippen molar-refractivity contribution in [1.29, 1.82) is 5.26 Å². The molecule has 2 heterocycles. The summed E-state index contributed by atoms with van der Waals surface area (Å²) in [6, 6.07) is 9.76. The summed E-state index contributed by atoms with van der Waals surface area (Å²) in [4.78, 5) is 27.4. The third-order valence-corrected chi connectivity index (χ3v) is 6.20. The second-order valence-corrected chi connectivity index (χ2v) is 7.85. The molecule has 2 amide bonds. The van der Waals surface area contributed by atoms with Gasteiger partial charge in [-0.3, -0.25) is 9.59 Å². The van der Waals surface area contributed by atoms with Gasteiger partial charge in [-0.15, -0.1) is 11.3 Å². The zero-order valence-corrected chi connectivity index (χ0v) is 15.7. The minimum atomic E-state index is -0.200. The maximum Gasteiger partial charge on any atom is 0.244 e. The Labute approximate surface area is 161 Å². The highest BCUT2D eigenvalue weighted by Crippen LogP contribution is 2.38. The number of aryl methyl sites for hydroxylation is 1. The Bertz CT molecular complexity index is 944. The Kier molecular flexibility index (Phi) is 4.82. The molecular weight excluding hydrogens is 360 g/mol. The lowest BCUT2D eigenvalue weighted by atomic mass is 10.1. The van der Waals surface area contributed by atoms with E-state index in [9.17, 15) is 14.9 Å². The van der Waals surface area contributed by atoms with Crippen LogP contribution in [0.3, 0.4) is 0 Å². The molecule has 1 aromatic carbocycles. The highest BCUT2D eigenvalue weighted by Gasteiger charge is 2.25. The molecule has 0 bridgehead atoms.